The largest absolute Gasteiger partial charge is 0.362 e. The SMILES string of the molecule is CCn1nc(C)c([N+](=O)[O-])c1NC1CCC(C)C1C. The molecular formula is C13H22N4O2. The van der Waals surface area contributed by atoms with E-state index in [0.717, 1.165) is 6.42 Å². The van der Waals surface area contributed by atoms with Gasteiger partial charge in [0, 0.05) is 12.6 Å². The number of hydrogen-bond acceptors (Lipinski definition) is 4. The van der Waals surface area contributed by atoms with E-state index in [1.807, 2.05) is 6.92 Å². The van der Waals surface area contributed by atoms with E-state index >= 15 is 0 Å². The molecule has 1 aliphatic carbocycles. The third kappa shape index (κ3) is 2.43. The molecule has 1 fully saturated rings. The highest BCUT2D eigenvalue weighted by molar-refractivity contribution is 5.60. The number of aromatic nitrogens is 2. The minimum atomic E-state index is -0.333. The van der Waals surface area contributed by atoms with Crippen molar-refractivity contribution in [2.45, 2.75) is 53.1 Å². The fourth-order valence-corrected chi connectivity index (χ4v) is 2.91. The van der Waals surface area contributed by atoms with E-state index in [2.05, 4.69) is 24.3 Å². The zero-order valence-corrected chi connectivity index (χ0v) is 12.0. The molecule has 3 unspecified atom stereocenters. The molecule has 1 aromatic heterocycles. The van der Waals surface area contributed by atoms with Crippen LogP contribution in [0.25, 0.3) is 0 Å². The number of nitro groups is 1. The van der Waals surface area contributed by atoms with Gasteiger partial charge in [-0.05, 0) is 38.5 Å². The normalized spacial score (nSPS) is 26.6. The second kappa shape index (κ2) is 5.19. The lowest BCUT2D eigenvalue weighted by atomic mass is 9.98. The minimum Gasteiger partial charge on any atom is -0.362 e. The predicted molar refractivity (Wildman–Crippen MR) is 74.3 cm³/mol. The Kier molecular flexibility index (Phi) is 3.78. The number of rotatable bonds is 4. The van der Waals surface area contributed by atoms with Crippen molar-refractivity contribution in [2.75, 3.05) is 5.32 Å². The van der Waals surface area contributed by atoms with E-state index in [-0.39, 0.29) is 10.6 Å². The van der Waals surface area contributed by atoms with Gasteiger partial charge in [0.15, 0.2) is 0 Å². The van der Waals surface area contributed by atoms with Crippen LogP contribution < -0.4 is 5.32 Å². The number of aryl methyl sites for hydroxylation is 2. The number of anilines is 1. The van der Waals surface area contributed by atoms with E-state index in [0.29, 0.717) is 35.9 Å². The molecule has 0 amide bonds. The molecule has 0 bridgehead atoms. The highest BCUT2D eigenvalue weighted by Gasteiger charge is 2.33. The smallest absolute Gasteiger partial charge is 0.333 e. The summed E-state index contributed by atoms with van der Waals surface area (Å²) in [6.45, 7) is 8.72. The van der Waals surface area contributed by atoms with Gasteiger partial charge in [0.25, 0.3) is 0 Å². The summed E-state index contributed by atoms with van der Waals surface area (Å²) in [5.74, 6) is 1.76. The lowest BCUT2D eigenvalue weighted by molar-refractivity contribution is -0.384. The third-order valence-electron chi connectivity index (χ3n) is 4.37. The fourth-order valence-electron chi connectivity index (χ4n) is 2.91. The first-order valence-corrected chi connectivity index (χ1v) is 6.94. The molecule has 6 heteroatoms. The van der Waals surface area contributed by atoms with Crippen LogP contribution in [0.2, 0.25) is 0 Å². The predicted octanol–water partition coefficient (Wildman–Crippen LogP) is 2.97. The summed E-state index contributed by atoms with van der Waals surface area (Å²) < 4.78 is 1.70. The molecule has 0 radical (unpaired) electrons. The molecule has 106 valence electrons. The van der Waals surface area contributed by atoms with Gasteiger partial charge in [0.05, 0.1) is 4.92 Å². The molecule has 0 spiro atoms. The van der Waals surface area contributed by atoms with Gasteiger partial charge in [-0.15, -0.1) is 0 Å². The van der Waals surface area contributed by atoms with Crippen LogP contribution in [0.1, 0.15) is 39.3 Å². The highest BCUT2D eigenvalue weighted by atomic mass is 16.6. The van der Waals surface area contributed by atoms with E-state index in [1.165, 1.54) is 6.42 Å². The standard InChI is InChI=1S/C13H22N4O2/c1-5-16-13(12(17(18)19)10(4)15-16)14-11-7-6-8(2)9(11)3/h8-9,11,14H,5-7H2,1-4H3. The zero-order valence-electron chi connectivity index (χ0n) is 12.0. The summed E-state index contributed by atoms with van der Waals surface area (Å²) >= 11 is 0. The quantitative estimate of drug-likeness (QED) is 0.671. The molecule has 0 aliphatic heterocycles. The first-order valence-electron chi connectivity index (χ1n) is 6.94. The Bertz CT molecular complexity index is 483. The van der Waals surface area contributed by atoms with Gasteiger partial charge in [0.1, 0.15) is 5.69 Å². The Morgan fingerprint density at radius 2 is 2.16 bits per heavy atom. The first-order chi connectivity index (χ1) is 8.95. The molecule has 19 heavy (non-hydrogen) atoms. The summed E-state index contributed by atoms with van der Waals surface area (Å²) in [4.78, 5) is 10.9. The third-order valence-corrected chi connectivity index (χ3v) is 4.37. The number of nitrogens with one attached hydrogen (secondary N) is 1. The summed E-state index contributed by atoms with van der Waals surface area (Å²) in [5, 5.41) is 18.8. The molecule has 6 nitrogen and oxygen atoms in total. The van der Waals surface area contributed by atoms with Crippen molar-refractivity contribution >= 4 is 11.5 Å². The van der Waals surface area contributed by atoms with Gasteiger partial charge in [-0.2, -0.15) is 5.10 Å². The van der Waals surface area contributed by atoms with Gasteiger partial charge in [0.2, 0.25) is 5.82 Å². The lowest BCUT2D eigenvalue weighted by Gasteiger charge is -2.20. The number of nitrogens with zero attached hydrogens (tertiary/aromatic N) is 3. The molecule has 1 aliphatic rings. The van der Waals surface area contributed by atoms with Crippen molar-refractivity contribution in [2.24, 2.45) is 11.8 Å². The Morgan fingerprint density at radius 3 is 2.63 bits per heavy atom. The lowest BCUT2D eigenvalue weighted by Crippen LogP contribution is -2.26. The van der Waals surface area contributed by atoms with Crippen LogP contribution in [-0.2, 0) is 6.54 Å². The molecular weight excluding hydrogens is 244 g/mol. The average Bonchev–Trinajstić information content (AvgIpc) is 2.83. The first kappa shape index (κ1) is 13.8. The molecule has 1 saturated carbocycles. The zero-order chi connectivity index (χ0) is 14.2. The van der Waals surface area contributed by atoms with Crippen LogP contribution >= 0.6 is 0 Å². The monoisotopic (exact) mass is 266 g/mol. The summed E-state index contributed by atoms with van der Waals surface area (Å²) in [6, 6.07) is 0.301. The Labute approximate surface area is 113 Å². The molecule has 3 atom stereocenters. The van der Waals surface area contributed by atoms with Crippen molar-refractivity contribution in [1.82, 2.24) is 9.78 Å². The van der Waals surface area contributed by atoms with E-state index in [1.54, 1.807) is 11.6 Å². The highest BCUT2D eigenvalue weighted by Crippen LogP contribution is 2.36. The van der Waals surface area contributed by atoms with E-state index < -0.39 is 0 Å². The molecule has 1 aromatic rings. The summed E-state index contributed by atoms with van der Waals surface area (Å²) in [7, 11) is 0. The van der Waals surface area contributed by atoms with Crippen molar-refractivity contribution < 1.29 is 4.92 Å². The van der Waals surface area contributed by atoms with Crippen LogP contribution in [0.3, 0.4) is 0 Å². The molecule has 1 N–H and O–H groups in total. The van der Waals surface area contributed by atoms with Crippen LogP contribution in [0.4, 0.5) is 11.5 Å². The van der Waals surface area contributed by atoms with Crippen LogP contribution in [0.15, 0.2) is 0 Å². The van der Waals surface area contributed by atoms with Gasteiger partial charge >= 0.3 is 5.69 Å². The van der Waals surface area contributed by atoms with Crippen LogP contribution in [-0.4, -0.2) is 20.7 Å². The molecule has 0 saturated heterocycles. The topological polar surface area (TPSA) is 73.0 Å². The van der Waals surface area contributed by atoms with Crippen molar-refractivity contribution in [3.8, 4) is 0 Å². The second-order valence-electron chi connectivity index (χ2n) is 5.52. The maximum atomic E-state index is 11.2. The van der Waals surface area contributed by atoms with Gasteiger partial charge in [-0.1, -0.05) is 13.8 Å². The van der Waals surface area contributed by atoms with Crippen LogP contribution in [0.5, 0.6) is 0 Å². The van der Waals surface area contributed by atoms with Crippen molar-refractivity contribution in [1.29, 1.82) is 0 Å². The number of hydrogen-bond donors (Lipinski definition) is 1. The molecule has 0 aromatic carbocycles. The van der Waals surface area contributed by atoms with Gasteiger partial charge in [-0.25, -0.2) is 4.68 Å². The second-order valence-corrected chi connectivity index (χ2v) is 5.52. The van der Waals surface area contributed by atoms with Crippen LogP contribution in [0, 0.1) is 28.9 Å². The average molecular weight is 266 g/mol. The van der Waals surface area contributed by atoms with Crippen molar-refractivity contribution in [3.63, 3.8) is 0 Å². The minimum absolute atomic E-state index is 0.119. The maximum Gasteiger partial charge on any atom is 0.333 e. The summed E-state index contributed by atoms with van der Waals surface area (Å²) in [5.41, 5.74) is 0.599. The van der Waals surface area contributed by atoms with Gasteiger partial charge < -0.3 is 5.32 Å². The Balaban J connectivity index is 2.31. The van der Waals surface area contributed by atoms with E-state index in [9.17, 15) is 10.1 Å². The Morgan fingerprint density at radius 1 is 1.47 bits per heavy atom. The fraction of sp³-hybridized carbons (Fsp3) is 0.769. The molecule has 1 heterocycles. The molecule has 2 rings (SSSR count). The van der Waals surface area contributed by atoms with Gasteiger partial charge in [-0.3, -0.25) is 10.1 Å². The summed E-state index contributed by atoms with van der Waals surface area (Å²) in [6.07, 6.45) is 2.24. The Hall–Kier alpha value is -1.59. The maximum absolute atomic E-state index is 11.2. The van der Waals surface area contributed by atoms with E-state index in [4.69, 9.17) is 0 Å². The van der Waals surface area contributed by atoms with Crippen molar-refractivity contribution in [3.05, 3.63) is 15.8 Å².